The molecular formula is C24H27N3O2. The quantitative estimate of drug-likeness (QED) is 0.800. The van der Waals surface area contributed by atoms with Gasteiger partial charge in [-0.3, -0.25) is 9.69 Å². The number of carbonyl (C=O) groups is 1. The lowest BCUT2D eigenvalue weighted by Crippen LogP contribution is -2.42. The van der Waals surface area contributed by atoms with E-state index in [0.717, 1.165) is 57.7 Å². The summed E-state index contributed by atoms with van der Waals surface area (Å²) >= 11 is 0. The highest BCUT2D eigenvalue weighted by molar-refractivity contribution is 5.94. The normalized spacial score (nSPS) is 18.6. The molecule has 2 heterocycles. The van der Waals surface area contributed by atoms with Crippen LogP contribution in [0.2, 0.25) is 0 Å². The third-order valence-corrected chi connectivity index (χ3v) is 6.42. The van der Waals surface area contributed by atoms with Crippen molar-refractivity contribution in [2.24, 2.45) is 5.41 Å². The number of ether oxygens (including phenoxy) is 1. The van der Waals surface area contributed by atoms with E-state index in [2.05, 4.69) is 23.1 Å². The molecule has 0 bridgehead atoms. The van der Waals surface area contributed by atoms with Gasteiger partial charge in [0.05, 0.1) is 18.7 Å². The van der Waals surface area contributed by atoms with E-state index >= 15 is 0 Å². The molecule has 5 nitrogen and oxygen atoms in total. The first-order valence-corrected chi connectivity index (χ1v) is 10.3. The predicted molar refractivity (Wildman–Crippen MR) is 112 cm³/mol. The van der Waals surface area contributed by atoms with E-state index in [1.54, 1.807) is 25.3 Å². The maximum atomic E-state index is 12.9. The Bertz CT molecular complexity index is 926. The highest BCUT2D eigenvalue weighted by atomic mass is 16.5. The highest BCUT2D eigenvalue weighted by Gasteiger charge is 2.42. The van der Waals surface area contributed by atoms with Gasteiger partial charge in [-0.15, -0.1) is 0 Å². The Hall–Kier alpha value is -2.84. The number of likely N-dealkylation sites (tertiary alicyclic amines) is 2. The molecule has 2 aromatic rings. The number of nitriles is 1. The van der Waals surface area contributed by atoms with Gasteiger partial charge in [0, 0.05) is 25.2 Å². The smallest absolute Gasteiger partial charge is 0.253 e. The molecule has 1 spiro atoms. The van der Waals surface area contributed by atoms with Crippen LogP contribution in [0.25, 0.3) is 0 Å². The zero-order chi connectivity index (χ0) is 20.3. The van der Waals surface area contributed by atoms with Crippen LogP contribution in [0.15, 0.2) is 48.5 Å². The third kappa shape index (κ3) is 4.28. The van der Waals surface area contributed by atoms with Gasteiger partial charge in [-0.2, -0.15) is 5.26 Å². The van der Waals surface area contributed by atoms with Gasteiger partial charge in [-0.1, -0.05) is 18.2 Å². The Morgan fingerprint density at radius 2 is 1.86 bits per heavy atom. The molecule has 2 aromatic carbocycles. The molecule has 0 aliphatic carbocycles. The molecule has 1 amide bonds. The van der Waals surface area contributed by atoms with Crippen LogP contribution in [0.4, 0.5) is 0 Å². The van der Waals surface area contributed by atoms with Gasteiger partial charge in [0.25, 0.3) is 5.91 Å². The van der Waals surface area contributed by atoms with Crippen molar-refractivity contribution in [1.29, 1.82) is 5.26 Å². The van der Waals surface area contributed by atoms with E-state index in [-0.39, 0.29) is 11.3 Å². The minimum atomic E-state index is 0.0535. The minimum Gasteiger partial charge on any atom is -0.497 e. The summed E-state index contributed by atoms with van der Waals surface area (Å²) in [6, 6.07) is 17.4. The van der Waals surface area contributed by atoms with E-state index in [1.807, 2.05) is 23.1 Å². The van der Waals surface area contributed by atoms with Crippen LogP contribution in [0, 0.1) is 16.7 Å². The number of carbonyl (C=O) groups excluding carboxylic acids is 1. The zero-order valence-electron chi connectivity index (χ0n) is 16.9. The van der Waals surface area contributed by atoms with Crippen molar-refractivity contribution in [3.05, 3.63) is 65.2 Å². The van der Waals surface area contributed by atoms with E-state index in [4.69, 9.17) is 10.00 Å². The van der Waals surface area contributed by atoms with Gasteiger partial charge in [-0.05, 0) is 73.7 Å². The maximum absolute atomic E-state index is 12.9. The molecular weight excluding hydrogens is 362 g/mol. The molecule has 150 valence electrons. The van der Waals surface area contributed by atoms with Crippen molar-refractivity contribution in [3.63, 3.8) is 0 Å². The third-order valence-electron chi connectivity index (χ3n) is 6.42. The summed E-state index contributed by atoms with van der Waals surface area (Å²) in [6.07, 6.45) is 3.32. The van der Waals surface area contributed by atoms with E-state index in [0.29, 0.717) is 11.1 Å². The Labute approximate surface area is 172 Å². The fraction of sp³-hybridized carbons (Fsp3) is 0.417. The summed E-state index contributed by atoms with van der Waals surface area (Å²) in [4.78, 5) is 17.4. The van der Waals surface area contributed by atoms with Gasteiger partial charge in [0.1, 0.15) is 5.75 Å². The summed E-state index contributed by atoms with van der Waals surface area (Å²) in [5, 5.41) is 9.08. The lowest BCUT2D eigenvalue weighted by molar-refractivity contribution is 0.0714. The standard InChI is InChI=1S/C24H27N3O2/c1-29-22-7-3-5-20(15-22)17-26-11-8-24(9-12-26)10-13-27(18-24)23(28)21-6-2-4-19(14-21)16-25/h2-7,14-15H,8-13,17-18H2,1H3. The summed E-state index contributed by atoms with van der Waals surface area (Å²) in [5.41, 5.74) is 2.68. The predicted octanol–water partition coefficient (Wildman–Crippen LogP) is 3.70. The fourth-order valence-corrected chi connectivity index (χ4v) is 4.64. The van der Waals surface area contributed by atoms with Crippen LogP contribution in [-0.4, -0.2) is 49.0 Å². The van der Waals surface area contributed by atoms with E-state index in [9.17, 15) is 4.79 Å². The molecule has 4 rings (SSSR count). The minimum absolute atomic E-state index is 0.0535. The number of methoxy groups -OCH3 is 1. The Balaban J connectivity index is 1.34. The van der Waals surface area contributed by atoms with Gasteiger partial charge in [0.2, 0.25) is 0 Å². The SMILES string of the molecule is COc1cccc(CN2CCC3(CC2)CCN(C(=O)c2cccc(C#N)c2)C3)c1. The largest absolute Gasteiger partial charge is 0.497 e. The second-order valence-corrected chi connectivity index (χ2v) is 8.30. The molecule has 0 unspecified atom stereocenters. The first-order chi connectivity index (χ1) is 14.1. The number of benzene rings is 2. The Morgan fingerprint density at radius 1 is 1.10 bits per heavy atom. The van der Waals surface area contributed by atoms with Crippen LogP contribution in [0.3, 0.4) is 0 Å². The lowest BCUT2D eigenvalue weighted by Gasteiger charge is -2.39. The second kappa shape index (κ2) is 8.26. The summed E-state index contributed by atoms with van der Waals surface area (Å²) in [6.45, 7) is 4.70. The van der Waals surface area contributed by atoms with Crippen molar-refractivity contribution in [1.82, 2.24) is 9.80 Å². The van der Waals surface area contributed by atoms with Crippen LogP contribution >= 0.6 is 0 Å². The van der Waals surface area contributed by atoms with E-state index < -0.39 is 0 Å². The number of piperidine rings is 1. The average molecular weight is 389 g/mol. The highest BCUT2D eigenvalue weighted by Crippen LogP contribution is 2.41. The number of nitrogens with zero attached hydrogens (tertiary/aromatic N) is 3. The maximum Gasteiger partial charge on any atom is 0.253 e. The zero-order valence-corrected chi connectivity index (χ0v) is 16.9. The molecule has 0 N–H and O–H groups in total. The topological polar surface area (TPSA) is 56.6 Å². The molecule has 0 saturated carbocycles. The lowest BCUT2D eigenvalue weighted by atomic mass is 9.77. The van der Waals surface area contributed by atoms with Crippen molar-refractivity contribution in [2.45, 2.75) is 25.8 Å². The van der Waals surface area contributed by atoms with Gasteiger partial charge in [0.15, 0.2) is 0 Å². The first-order valence-electron chi connectivity index (χ1n) is 10.3. The Kier molecular flexibility index (Phi) is 5.55. The molecule has 29 heavy (non-hydrogen) atoms. The van der Waals surface area contributed by atoms with Crippen molar-refractivity contribution < 1.29 is 9.53 Å². The monoisotopic (exact) mass is 389 g/mol. The molecule has 2 aliphatic rings. The van der Waals surface area contributed by atoms with Crippen LogP contribution in [0.1, 0.15) is 40.7 Å². The molecule has 0 aromatic heterocycles. The summed E-state index contributed by atoms with van der Waals surface area (Å²) in [7, 11) is 1.70. The molecule has 0 radical (unpaired) electrons. The molecule has 2 aliphatic heterocycles. The van der Waals surface area contributed by atoms with Gasteiger partial charge in [-0.25, -0.2) is 0 Å². The van der Waals surface area contributed by atoms with Gasteiger partial charge >= 0.3 is 0 Å². The van der Waals surface area contributed by atoms with Crippen LogP contribution in [-0.2, 0) is 6.54 Å². The van der Waals surface area contributed by atoms with Gasteiger partial charge < -0.3 is 9.64 Å². The summed E-state index contributed by atoms with van der Waals surface area (Å²) in [5.74, 6) is 0.958. The Morgan fingerprint density at radius 3 is 2.62 bits per heavy atom. The average Bonchev–Trinajstić information content (AvgIpc) is 3.19. The number of hydrogen-bond donors (Lipinski definition) is 0. The number of hydrogen-bond acceptors (Lipinski definition) is 4. The first kappa shape index (κ1) is 19.5. The fourth-order valence-electron chi connectivity index (χ4n) is 4.64. The van der Waals surface area contributed by atoms with Crippen molar-refractivity contribution >= 4 is 5.91 Å². The summed E-state index contributed by atoms with van der Waals surface area (Å²) < 4.78 is 5.33. The molecule has 2 fully saturated rings. The van der Waals surface area contributed by atoms with Crippen LogP contribution in [0.5, 0.6) is 5.75 Å². The van der Waals surface area contributed by atoms with Crippen molar-refractivity contribution in [3.8, 4) is 11.8 Å². The van der Waals surface area contributed by atoms with E-state index in [1.165, 1.54) is 5.56 Å². The second-order valence-electron chi connectivity index (χ2n) is 8.30. The number of rotatable bonds is 4. The van der Waals surface area contributed by atoms with Crippen molar-refractivity contribution in [2.75, 3.05) is 33.3 Å². The van der Waals surface area contributed by atoms with Crippen LogP contribution < -0.4 is 4.74 Å². The molecule has 0 atom stereocenters. The molecule has 2 saturated heterocycles. The molecule has 5 heteroatoms. The number of amides is 1.